The van der Waals surface area contributed by atoms with Crippen molar-refractivity contribution in [2.75, 3.05) is 11.5 Å². The Labute approximate surface area is 122 Å². The molecule has 8 nitrogen and oxygen atoms in total. The maximum atomic E-state index is 12.5. The van der Waals surface area contributed by atoms with E-state index in [1.54, 1.807) is 31.2 Å². The standard InChI is InChI=1S/C12H15N5O3S/c1-9-8-11(20-2)15-12(14-9)17(16-13)21(18,19)10-6-4-3-5-7-10/h3-8,16H,13H2,1-2H3. The number of aryl methyl sites for hydroxylation is 1. The molecule has 2 aromatic rings. The fraction of sp³-hybridized carbons (Fsp3) is 0.167. The van der Waals surface area contributed by atoms with Crippen molar-refractivity contribution < 1.29 is 13.2 Å². The third-order valence-electron chi connectivity index (χ3n) is 2.61. The second-order valence-corrected chi connectivity index (χ2v) is 5.85. The maximum Gasteiger partial charge on any atom is 0.281 e. The summed E-state index contributed by atoms with van der Waals surface area (Å²) < 4.78 is 30.8. The largest absolute Gasteiger partial charge is 0.481 e. The van der Waals surface area contributed by atoms with E-state index in [9.17, 15) is 8.42 Å². The molecule has 0 amide bonds. The third kappa shape index (κ3) is 3.10. The Balaban J connectivity index is 2.52. The van der Waals surface area contributed by atoms with E-state index in [2.05, 4.69) is 15.5 Å². The number of nitrogens with zero attached hydrogens (tertiary/aromatic N) is 3. The molecule has 0 radical (unpaired) electrons. The van der Waals surface area contributed by atoms with Crippen LogP contribution in [0.1, 0.15) is 5.69 Å². The van der Waals surface area contributed by atoms with E-state index >= 15 is 0 Å². The number of hydrogen-bond acceptors (Lipinski definition) is 7. The molecule has 0 atom stereocenters. The first kappa shape index (κ1) is 15.2. The Kier molecular flexibility index (Phi) is 4.36. The summed E-state index contributed by atoms with van der Waals surface area (Å²) in [4.78, 5) is 8.11. The molecule has 0 saturated carbocycles. The zero-order chi connectivity index (χ0) is 15.5. The molecule has 21 heavy (non-hydrogen) atoms. The van der Waals surface area contributed by atoms with Gasteiger partial charge in [0.25, 0.3) is 16.0 Å². The number of anilines is 1. The van der Waals surface area contributed by atoms with Gasteiger partial charge in [0, 0.05) is 11.8 Å². The second-order valence-electron chi connectivity index (χ2n) is 4.06. The number of hydrogen-bond donors (Lipinski definition) is 2. The van der Waals surface area contributed by atoms with Gasteiger partial charge in [-0.25, -0.2) is 4.98 Å². The van der Waals surface area contributed by atoms with Gasteiger partial charge in [-0.1, -0.05) is 18.2 Å². The minimum atomic E-state index is -3.93. The molecule has 0 fully saturated rings. The minimum Gasteiger partial charge on any atom is -0.481 e. The maximum absolute atomic E-state index is 12.5. The van der Waals surface area contributed by atoms with E-state index in [1.165, 1.54) is 19.2 Å². The SMILES string of the molecule is COc1cc(C)nc(N(NN)S(=O)(=O)c2ccccc2)n1. The summed E-state index contributed by atoms with van der Waals surface area (Å²) in [5, 5.41) is 0. The molecule has 9 heteroatoms. The van der Waals surface area contributed by atoms with E-state index in [4.69, 9.17) is 10.6 Å². The molecular formula is C12H15N5O3S. The molecule has 2 rings (SSSR count). The Bertz CT molecular complexity index is 721. The lowest BCUT2D eigenvalue weighted by Crippen LogP contribution is -2.48. The molecule has 0 saturated heterocycles. The zero-order valence-electron chi connectivity index (χ0n) is 11.5. The lowest BCUT2D eigenvalue weighted by molar-refractivity contribution is 0.396. The first-order valence-corrected chi connectivity index (χ1v) is 7.39. The highest BCUT2D eigenvalue weighted by atomic mass is 32.2. The fourth-order valence-corrected chi connectivity index (χ4v) is 2.80. The van der Waals surface area contributed by atoms with Crippen molar-refractivity contribution >= 4 is 16.0 Å². The van der Waals surface area contributed by atoms with Crippen LogP contribution in [0.4, 0.5) is 5.95 Å². The number of aromatic nitrogens is 2. The van der Waals surface area contributed by atoms with Crippen molar-refractivity contribution in [2.24, 2.45) is 5.84 Å². The molecule has 1 aromatic carbocycles. The number of nitrogens with one attached hydrogen (secondary N) is 1. The Morgan fingerprint density at radius 3 is 2.48 bits per heavy atom. The van der Waals surface area contributed by atoms with E-state index < -0.39 is 10.0 Å². The fourth-order valence-electron chi connectivity index (χ4n) is 1.65. The first-order valence-electron chi connectivity index (χ1n) is 5.95. The molecule has 1 aromatic heterocycles. The quantitative estimate of drug-likeness (QED) is 0.606. The molecule has 0 aliphatic rings. The summed E-state index contributed by atoms with van der Waals surface area (Å²) in [7, 11) is -2.50. The molecule has 0 bridgehead atoms. The van der Waals surface area contributed by atoms with Gasteiger partial charge in [0.05, 0.1) is 12.0 Å². The molecule has 0 unspecified atom stereocenters. The molecule has 112 valence electrons. The van der Waals surface area contributed by atoms with Crippen molar-refractivity contribution in [1.29, 1.82) is 0 Å². The smallest absolute Gasteiger partial charge is 0.281 e. The summed E-state index contributed by atoms with van der Waals surface area (Å²) in [6.07, 6.45) is 0. The lowest BCUT2D eigenvalue weighted by atomic mass is 10.4. The van der Waals surface area contributed by atoms with E-state index in [0.717, 1.165) is 0 Å². The summed E-state index contributed by atoms with van der Waals surface area (Å²) in [6.45, 7) is 1.69. The van der Waals surface area contributed by atoms with Gasteiger partial charge in [-0.3, -0.25) is 5.84 Å². The number of hydrazine groups is 2. The second kappa shape index (κ2) is 6.04. The predicted octanol–water partition coefficient (Wildman–Crippen LogP) is 0.367. The van der Waals surface area contributed by atoms with Crippen molar-refractivity contribution in [3.63, 3.8) is 0 Å². The van der Waals surface area contributed by atoms with Crippen LogP contribution in [0.15, 0.2) is 41.3 Å². The lowest BCUT2D eigenvalue weighted by Gasteiger charge is -2.20. The normalized spacial score (nSPS) is 11.2. The van der Waals surface area contributed by atoms with Gasteiger partial charge >= 0.3 is 0 Å². The van der Waals surface area contributed by atoms with E-state index in [1.807, 2.05) is 0 Å². The molecule has 0 aliphatic carbocycles. The number of sulfonamides is 1. The Morgan fingerprint density at radius 2 is 1.90 bits per heavy atom. The van der Waals surface area contributed by atoms with Crippen molar-refractivity contribution in [3.8, 4) is 5.88 Å². The van der Waals surface area contributed by atoms with Crippen LogP contribution in [0.25, 0.3) is 0 Å². The van der Waals surface area contributed by atoms with Gasteiger partial charge in [0.1, 0.15) is 0 Å². The highest BCUT2D eigenvalue weighted by Gasteiger charge is 2.27. The van der Waals surface area contributed by atoms with Gasteiger partial charge in [0.15, 0.2) is 0 Å². The van der Waals surface area contributed by atoms with Gasteiger partial charge < -0.3 is 4.74 Å². The Morgan fingerprint density at radius 1 is 1.24 bits per heavy atom. The molecule has 0 spiro atoms. The molecule has 0 aliphatic heterocycles. The van der Waals surface area contributed by atoms with Gasteiger partial charge in [-0.15, -0.1) is 4.41 Å². The Hall–Kier alpha value is -2.23. The van der Waals surface area contributed by atoms with Crippen LogP contribution in [-0.4, -0.2) is 25.5 Å². The number of ether oxygens (including phenoxy) is 1. The highest BCUT2D eigenvalue weighted by molar-refractivity contribution is 7.92. The van der Waals surface area contributed by atoms with Gasteiger partial charge in [-0.05, 0) is 19.1 Å². The number of methoxy groups -OCH3 is 1. The van der Waals surface area contributed by atoms with E-state index in [-0.39, 0.29) is 16.7 Å². The van der Waals surface area contributed by atoms with Crippen molar-refractivity contribution in [1.82, 2.24) is 15.5 Å². The van der Waals surface area contributed by atoms with Crippen LogP contribution in [0.5, 0.6) is 5.88 Å². The average Bonchev–Trinajstić information content (AvgIpc) is 2.48. The minimum absolute atomic E-state index is 0.0621. The number of nitrogens with two attached hydrogens (primary N) is 1. The van der Waals surface area contributed by atoms with Crippen LogP contribution in [0.3, 0.4) is 0 Å². The monoisotopic (exact) mass is 309 g/mol. The summed E-state index contributed by atoms with van der Waals surface area (Å²) in [6, 6.07) is 9.41. The zero-order valence-corrected chi connectivity index (χ0v) is 12.3. The van der Waals surface area contributed by atoms with Crippen LogP contribution >= 0.6 is 0 Å². The summed E-state index contributed by atoms with van der Waals surface area (Å²) >= 11 is 0. The predicted molar refractivity (Wildman–Crippen MR) is 76.8 cm³/mol. The topological polar surface area (TPSA) is 110 Å². The molecule has 3 N–H and O–H groups in total. The van der Waals surface area contributed by atoms with Crippen LogP contribution < -0.4 is 20.5 Å². The van der Waals surface area contributed by atoms with Gasteiger partial charge in [-0.2, -0.15) is 18.9 Å². The van der Waals surface area contributed by atoms with Crippen LogP contribution in [-0.2, 0) is 10.0 Å². The number of rotatable bonds is 5. The van der Waals surface area contributed by atoms with Crippen molar-refractivity contribution in [3.05, 3.63) is 42.1 Å². The van der Waals surface area contributed by atoms with Gasteiger partial charge in [0.2, 0.25) is 5.88 Å². The number of benzene rings is 1. The third-order valence-corrected chi connectivity index (χ3v) is 4.23. The van der Waals surface area contributed by atoms with E-state index in [0.29, 0.717) is 10.1 Å². The van der Waals surface area contributed by atoms with Crippen molar-refractivity contribution in [2.45, 2.75) is 11.8 Å². The highest BCUT2D eigenvalue weighted by Crippen LogP contribution is 2.20. The average molecular weight is 309 g/mol. The molecule has 1 heterocycles. The summed E-state index contributed by atoms with van der Waals surface area (Å²) in [5.41, 5.74) is 2.64. The van der Waals surface area contributed by atoms with Crippen LogP contribution in [0.2, 0.25) is 0 Å². The first-order chi connectivity index (χ1) is 9.98. The summed E-state index contributed by atoms with van der Waals surface area (Å²) in [5.74, 6) is 5.46. The van der Waals surface area contributed by atoms with Crippen LogP contribution in [0, 0.1) is 6.92 Å². The molecular weight excluding hydrogens is 294 g/mol.